The summed E-state index contributed by atoms with van der Waals surface area (Å²) in [6, 6.07) is 8.11. The molecule has 158 valence electrons. The highest BCUT2D eigenvalue weighted by atomic mass is 35.5. The van der Waals surface area contributed by atoms with Crippen molar-refractivity contribution in [1.82, 2.24) is 9.62 Å². The van der Waals surface area contributed by atoms with Crippen LogP contribution in [0.15, 0.2) is 35.2 Å². The molecule has 1 amide bonds. The van der Waals surface area contributed by atoms with Gasteiger partial charge in [0.2, 0.25) is 15.9 Å². The summed E-state index contributed by atoms with van der Waals surface area (Å²) in [6.45, 7) is 9.42. The summed E-state index contributed by atoms with van der Waals surface area (Å²) in [5.41, 5.74) is 4.41. The first-order valence-corrected chi connectivity index (χ1v) is 11.5. The Morgan fingerprint density at radius 3 is 2.31 bits per heavy atom. The molecule has 0 aliphatic heterocycles. The SMILES string of the molecule is CCN(CC(=O)N[C@H](C)c1cc(C)c(C)cc1C)S(=O)(=O)c1cc(Cl)ccc1Cl. The van der Waals surface area contributed by atoms with E-state index in [2.05, 4.69) is 17.4 Å². The van der Waals surface area contributed by atoms with Crippen LogP contribution in [0.4, 0.5) is 0 Å². The lowest BCUT2D eigenvalue weighted by Crippen LogP contribution is -2.41. The molecular weight excluding hydrogens is 431 g/mol. The number of carbonyl (C=O) groups is 1. The molecule has 29 heavy (non-hydrogen) atoms. The van der Waals surface area contributed by atoms with Gasteiger partial charge in [-0.2, -0.15) is 4.31 Å². The molecule has 0 aliphatic carbocycles. The van der Waals surface area contributed by atoms with Crippen molar-refractivity contribution in [3.05, 3.63) is 62.6 Å². The first-order valence-electron chi connectivity index (χ1n) is 9.29. The molecule has 0 aromatic heterocycles. The maximum atomic E-state index is 13.0. The Balaban J connectivity index is 2.19. The van der Waals surface area contributed by atoms with Gasteiger partial charge in [-0.3, -0.25) is 4.79 Å². The van der Waals surface area contributed by atoms with Gasteiger partial charge in [-0.1, -0.05) is 42.3 Å². The zero-order chi connectivity index (χ0) is 21.9. The van der Waals surface area contributed by atoms with Crippen LogP contribution in [0, 0.1) is 20.8 Å². The molecule has 0 bridgehead atoms. The number of amides is 1. The highest BCUT2D eigenvalue weighted by Gasteiger charge is 2.28. The predicted octanol–water partition coefficient (Wildman–Crippen LogP) is 4.81. The van der Waals surface area contributed by atoms with Crippen LogP contribution in [0.25, 0.3) is 0 Å². The normalized spacial score (nSPS) is 12.8. The van der Waals surface area contributed by atoms with Gasteiger partial charge in [0.25, 0.3) is 0 Å². The maximum Gasteiger partial charge on any atom is 0.245 e. The molecule has 2 rings (SSSR count). The summed E-state index contributed by atoms with van der Waals surface area (Å²) in [5.74, 6) is -0.390. The number of rotatable bonds is 7. The van der Waals surface area contributed by atoms with Gasteiger partial charge in [0.1, 0.15) is 4.90 Å². The van der Waals surface area contributed by atoms with Crippen LogP contribution < -0.4 is 5.32 Å². The quantitative estimate of drug-likeness (QED) is 0.649. The van der Waals surface area contributed by atoms with E-state index in [1.165, 1.54) is 23.8 Å². The van der Waals surface area contributed by atoms with Crippen LogP contribution in [0.5, 0.6) is 0 Å². The maximum absolute atomic E-state index is 13.0. The molecule has 0 unspecified atom stereocenters. The lowest BCUT2D eigenvalue weighted by molar-refractivity contribution is -0.121. The number of sulfonamides is 1. The van der Waals surface area contributed by atoms with Gasteiger partial charge in [-0.05, 0) is 68.1 Å². The van der Waals surface area contributed by atoms with Crippen molar-refractivity contribution in [3.63, 3.8) is 0 Å². The molecule has 0 saturated heterocycles. The Bertz CT molecular complexity index is 1020. The van der Waals surface area contributed by atoms with E-state index in [0.717, 1.165) is 21.0 Å². The van der Waals surface area contributed by atoms with E-state index in [-0.39, 0.29) is 34.1 Å². The smallest absolute Gasteiger partial charge is 0.245 e. The van der Waals surface area contributed by atoms with Gasteiger partial charge in [0.05, 0.1) is 17.6 Å². The van der Waals surface area contributed by atoms with Gasteiger partial charge in [0, 0.05) is 11.6 Å². The third-order valence-electron chi connectivity index (χ3n) is 4.91. The van der Waals surface area contributed by atoms with Gasteiger partial charge in [-0.15, -0.1) is 0 Å². The number of nitrogens with one attached hydrogen (secondary N) is 1. The Labute approximate surface area is 183 Å². The minimum atomic E-state index is -3.96. The molecule has 1 N–H and O–H groups in total. The molecular formula is C21H26Cl2N2O3S. The highest BCUT2D eigenvalue weighted by molar-refractivity contribution is 7.89. The molecule has 2 aromatic rings. The molecule has 1 atom stereocenters. The molecule has 2 aromatic carbocycles. The van der Waals surface area contributed by atoms with Crippen LogP contribution in [0.3, 0.4) is 0 Å². The second-order valence-electron chi connectivity index (χ2n) is 7.09. The van der Waals surface area contributed by atoms with E-state index in [4.69, 9.17) is 23.2 Å². The number of aryl methyl sites for hydroxylation is 3. The molecule has 0 radical (unpaired) electrons. The molecule has 8 heteroatoms. The third kappa shape index (κ3) is 5.51. The standard InChI is InChI=1S/C21H26Cl2N2O3S/c1-6-25(29(27,28)20-11-17(22)7-8-19(20)23)12-21(26)24-16(5)18-10-14(3)13(2)9-15(18)4/h7-11,16H,6,12H2,1-5H3,(H,24,26)/t16-/m1/s1. The van der Waals surface area contributed by atoms with E-state index in [0.29, 0.717) is 0 Å². The van der Waals surface area contributed by atoms with E-state index in [1.54, 1.807) is 6.92 Å². The van der Waals surface area contributed by atoms with Crippen LogP contribution in [0.2, 0.25) is 10.0 Å². The van der Waals surface area contributed by atoms with Crippen LogP contribution in [-0.2, 0) is 14.8 Å². The van der Waals surface area contributed by atoms with E-state index in [1.807, 2.05) is 27.7 Å². The van der Waals surface area contributed by atoms with Gasteiger partial charge in [0.15, 0.2) is 0 Å². The average molecular weight is 457 g/mol. The second-order valence-corrected chi connectivity index (χ2v) is 9.84. The molecule has 5 nitrogen and oxygen atoms in total. The number of hydrogen-bond donors (Lipinski definition) is 1. The van der Waals surface area contributed by atoms with Crippen molar-refractivity contribution >= 4 is 39.1 Å². The molecule has 0 aliphatic rings. The number of nitrogens with zero attached hydrogens (tertiary/aromatic N) is 1. The summed E-state index contributed by atoms with van der Waals surface area (Å²) < 4.78 is 27.0. The minimum Gasteiger partial charge on any atom is -0.348 e. The fraction of sp³-hybridized carbons (Fsp3) is 0.381. The number of carbonyl (C=O) groups excluding carboxylic acids is 1. The number of hydrogen-bond acceptors (Lipinski definition) is 3. The van der Waals surface area contributed by atoms with Crippen molar-refractivity contribution < 1.29 is 13.2 Å². The second kappa shape index (κ2) is 9.47. The first-order chi connectivity index (χ1) is 13.5. The van der Waals surface area contributed by atoms with Crippen molar-refractivity contribution in [2.75, 3.05) is 13.1 Å². The lowest BCUT2D eigenvalue weighted by Gasteiger charge is -2.23. The van der Waals surface area contributed by atoms with Crippen molar-refractivity contribution in [1.29, 1.82) is 0 Å². The van der Waals surface area contributed by atoms with Gasteiger partial charge in [-0.25, -0.2) is 8.42 Å². The first kappa shape index (κ1) is 23.7. The van der Waals surface area contributed by atoms with E-state index < -0.39 is 15.9 Å². The average Bonchev–Trinajstić information content (AvgIpc) is 2.64. The van der Waals surface area contributed by atoms with Gasteiger partial charge < -0.3 is 5.32 Å². The molecule has 0 heterocycles. The number of halogens is 2. The fourth-order valence-electron chi connectivity index (χ4n) is 3.16. The summed E-state index contributed by atoms with van der Waals surface area (Å²) in [6.07, 6.45) is 0. The number of benzene rings is 2. The van der Waals surface area contributed by atoms with E-state index in [9.17, 15) is 13.2 Å². The largest absolute Gasteiger partial charge is 0.348 e. The fourth-order valence-corrected chi connectivity index (χ4v) is 5.30. The Kier molecular flexibility index (Phi) is 7.74. The summed E-state index contributed by atoms with van der Waals surface area (Å²) in [7, 11) is -3.96. The Morgan fingerprint density at radius 2 is 1.69 bits per heavy atom. The Hall–Kier alpha value is -1.60. The van der Waals surface area contributed by atoms with Crippen molar-refractivity contribution in [2.45, 2.75) is 45.6 Å². The zero-order valence-electron chi connectivity index (χ0n) is 17.2. The van der Waals surface area contributed by atoms with Crippen molar-refractivity contribution in [2.24, 2.45) is 0 Å². The molecule has 0 saturated carbocycles. The Morgan fingerprint density at radius 1 is 1.07 bits per heavy atom. The molecule has 0 fully saturated rings. The lowest BCUT2D eigenvalue weighted by atomic mass is 9.96. The van der Waals surface area contributed by atoms with Gasteiger partial charge >= 0.3 is 0 Å². The van der Waals surface area contributed by atoms with E-state index >= 15 is 0 Å². The highest BCUT2D eigenvalue weighted by Crippen LogP contribution is 2.28. The van der Waals surface area contributed by atoms with Crippen LogP contribution >= 0.6 is 23.2 Å². The summed E-state index contributed by atoms with van der Waals surface area (Å²) >= 11 is 12.0. The summed E-state index contributed by atoms with van der Waals surface area (Å²) in [5, 5.41) is 3.21. The summed E-state index contributed by atoms with van der Waals surface area (Å²) in [4.78, 5) is 12.5. The number of likely N-dealkylation sites (N-methyl/N-ethyl adjacent to an activating group) is 1. The predicted molar refractivity (Wildman–Crippen MR) is 118 cm³/mol. The van der Waals surface area contributed by atoms with Crippen LogP contribution in [0.1, 0.15) is 42.1 Å². The topological polar surface area (TPSA) is 66.5 Å². The monoisotopic (exact) mass is 456 g/mol. The van der Waals surface area contributed by atoms with Crippen molar-refractivity contribution in [3.8, 4) is 0 Å². The molecule has 0 spiro atoms. The third-order valence-corrected chi connectivity index (χ3v) is 7.55. The van der Waals surface area contributed by atoms with Crippen LogP contribution in [-0.4, -0.2) is 31.7 Å². The zero-order valence-corrected chi connectivity index (χ0v) is 19.5. The minimum absolute atomic E-state index is 0.0624.